The van der Waals surface area contributed by atoms with Gasteiger partial charge in [0, 0.05) is 0 Å². The second kappa shape index (κ2) is 21.3. The molecule has 15 nitrogen and oxygen atoms in total. The lowest BCUT2D eigenvalue weighted by atomic mass is 10.3. The molecular weight excluding hydrogens is 423 g/mol. The van der Waals surface area contributed by atoms with Gasteiger partial charge in [0.25, 0.3) is 0 Å². The summed E-state index contributed by atoms with van der Waals surface area (Å²) < 4.78 is 42.3. The van der Waals surface area contributed by atoms with Gasteiger partial charge in [-0.15, -0.1) is 0 Å². The molecule has 0 amide bonds. The highest BCUT2D eigenvalue weighted by Gasteiger charge is 2.07. The van der Waals surface area contributed by atoms with E-state index < -0.39 is 55.3 Å². The molecule has 0 unspecified atom stereocenters. The Balaban J connectivity index is -0.0000000793. The monoisotopic (exact) mass is 430 g/mol. The molecule has 160 valence electrons. The number of carboxylic acids is 4. The minimum Gasteiger partial charge on any atom is -0.473 e. The number of hydrogen-bond acceptors (Lipinski definition) is 11. The average Bonchev–Trinajstić information content (AvgIpc) is 2.47. The number of carbonyl (C=O) groups excluding carboxylic acids is 4. The Hall–Kier alpha value is -3.78. The first kappa shape index (κ1) is 35.4. The van der Waals surface area contributed by atoms with Crippen molar-refractivity contribution >= 4 is 55.3 Å². The number of rotatable bonds is 4. The first-order valence-corrected chi connectivity index (χ1v) is 5.06. The second-order valence-corrected chi connectivity index (χ2v) is 2.66. The molecule has 0 atom stereocenters. The highest BCUT2D eigenvalue weighted by atomic mass is 19.1. The lowest BCUT2D eigenvalue weighted by Crippen LogP contribution is -2.07. The van der Waals surface area contributed by atoms with Gasteiger partial charge in [0.15, 0.2) is 0 Å². The van der Waals surface area contributed by atoms with E-state index in [1.807, 2.05) is 0 Å². The van der Waals surface area contributed by atoms with Gasteiger partial charge in [-0.25, -0.2) is 38.4 Å². The highest BCUT2D eigenvalue weighted by Crippen LogP contribution is 1.68. The molecule has 0 saturated heterocycles. The summed E-state index contributed by atoms with van der Waals surface area (Å²) in [6.07, 6.45) is 0. The SMILES string of the molecule is O=C(O)C(=O)F.O=C(O)C(=O)F.O=C(O)C(=O)F.O=C(O)C(=O)F.OB(O)O. The summed E-state index contributed by atoms with van der Waals surface area (Å²) in [6, 6.07) is -9.30. The molecule has 0 spiro atoms. The number of carbonyl (C=O) groups is 8. The first-order valence-electron chi connectivity index (χ1n) is 5.06. The minimum atomic E-state index is -2.32. The van der Waals surface area contributed by atoms with Crippen LogP contribution in [-0.2, 0) is 38.4 Å². The lowest BCUT2D eigenvalue weighted by molar-refractivity contribution is -0.154. The van der Waals surface area contributed by atoms with E-state index in [4.69, 9.17) is 73.9 Å². The Morgan fingerprint density at radius 2 is 0.464 bits per heavy atom. The lowest BCUT2D eigenvalue weighted by Gasteiger charge is -1.69. The van der Waals surface area contributed by atoms with Crippen LogP contribution in [0.2, 0.25) is 0 Å². The van der Waals surface area contributed by atoms with Gasteiger partial charge < -0.3 is 35.5 Å². The molecule has 0 aliphatic heterocycles. The Kier molecular flexibility index (Phi) is 26.9. The molecule has 0 aliphatic rings. The summed E-state index contributed by atoms with van der Waals surface area (Å²) in [4.78, 5) is 71.4. The van der Waals surface area contributed by atoms with Crippen LogP contribution in [0.1, 0.15) is 0 Å². The van der Waals surface area contributed by atoms with Crippen LogP contribution < -0.4 is 0 Å². The molecule has 0 bridgehead atoms. The third kappa shape index (κ3) is 67.0. The van der Waals surface area contributed by atoms with Crippen molar-refractivity contribution in [3.8, 4) is 0 Å². The minimum absolute atomic E-state index is 2.05. The van der Waals surface area contributed by atoms with Gasteiger partial charge >= 0.3 is 55.3 Å². The molecule has 0 heterocycles. The van der Waals surface area contributed by atoms with Crippen molar-refractivity contribution in [2.75, 3.05) is 0 Å². The van der Waals surface area contributed by atoms with Gasteiger partial charge in [-0.2, -0.15) is 17.6 Å². The van der Waals surface area contributed by atoms with Gasteiger partial charge in [-0.1, -0.05) is 0 Å². The normalized spacial score (nSPS) is 7.39. The van der Waals surface area contributed by atoms with Crippen LogP contribution >= 0.6 is 0 Å². The molecule has 0 aliphatic carbocycles. The standard InChI is InChI=1S/4C2HFO3.BH3O3/c4*3-1(4)2(5)6;2-1(3)4/h4*(H,5,6);2-4H. The molecule has 0 aromatic rings. The van der Waals surface area contributed by atoms with Gasteiger partial charge in [-0.05, 0) is 0 Å². The summed E-state index contributed by atoms with van der Waals surface area (Å²) in [5.41, 5.74) is 0. The maximum Gasteiger partial charge on any atom is 0.631 e. The fourth-order valence-corrected chi connectivity index (χ4v) is 0. The van der Waals surface area contributed by atoms with Crippen LogP contribution in [0.3, 0.4) is 0 Å². The fourth-order valence-electron chi connectivity index (χ4n) is 0. The predicted octanol–water partition coefficient (Wildman–Crippen LogP) is -3.78. The van der Waals surface area contributed by atoms with Crippen molar-refractivity contribution in [2.24, 2.45) is 0 Å². The molecule has 7 N–H and O–H groups in total. The Morgan fingerprint density at radius 1 is 0.429 bits per heavy atom. The van der Waals surface area contributed by atoms with Crippen molar-refractivity contribution in [3.05, 3.63) is 0 Å². The molecule has 0 fully saturated rings. The zero-order chi connectivity index (χ0) is 24.2. The zero-order valence-corrected chi connectivity index (χ0v) is 12.5. The highest BCUT2D eigenvalue weighted by molar-refractivity contribution is 6.30. The average molecular weight is 430 g/mol. The third-order valence-corrected chi connectivity index (χ3v) is 0.673. The zero-order valence-electron chi connectivity index (χ0n) is 12.5. The Morgan fingerprint density at radius 3 is 0.464 bits per heavy atom. The molecule has 0 rings (SSSR count). The fraction of sp³-hybridized carbons (Fsp3) is 0. The second-order valence-electron chi connectivity index (χ2n) is 2.66. The molecule has 0 aromatic carbocycles. The molecule has 0 radical (unpaired) electrons. The van der Waals surface area contributed by atoms with Crippen LogP contribution in [0.4, 0.5) is 17.6 Å². The Labute approximate surface area is 148 Å². The van der Waals surface area contributed by atoms with Crippen LogP contribution in [-0.4, -0.2) is 90.8 Å². The first-order chi connectivity index (χ1) is 12.3. The van der Waals surface area contributed by atoms with E-state index in [2.05, 4.69) is 0 Å². The van der Waals surface area contributed by atoms with E-state index in [9.17, 15) is 17.6 Å². The molecule has 20 heteroatoms. The molecule has 0 aromatic heterocycles. The number of carboxylic acid groups (broad SMARTS) is 4. The van der Waals surface area contributed by atoms with Crippen molar-refractivity contribution in [1.82, 2.24) is 0 Å². The summed E-state index contributed by atoms with van der Waals surface area (Å²) in [7, 11) is -2.17. The van der Waals surface area contributed by atoms with Crippen molar-refractivity contribution in [1.29, 1.82) is 0 Å². The van der Waals surface area contributed by atoms with Gasteiger partial charge in [0.2, 0.25) is 0 Å². The van der Waals surface area contributed by atoms with Crippen molar-refractivity contribution < 1.29 is 91.4 Å². The maximum absolute atomic E-state index is 10.6. The van der Waals surface area contributed by atoms with Crippen LogP contribution in [0.5, 0.6) is 0 Å². The van der Waals surface area contributed by atoms with Crippen LogP contribution in [0.25, 0.3) is 0 Å². The summed E-state index contributed by atoms with van der Waals surface area (Å²) in [5, 5.41) is 50.6. The van der Waals surface area contributed by atoms with E-state index in [0.717, 1.165) is 0 Å². The topological polar surface area (TPSA) is 278 Å². The third-order valence-electron chi connectivity index (χ3n) is 0.673. The summed E-state index contributed by atoms with van der Waals surface area (Å²) in [5.74, 6) is -8.19. The smallest absolute Gasteiger partial charge is 0.473 e. The van der Waals surface area contributed by atoms with E-state index in [1.54, 1.807) is 0 Å². The summed E-state index contributed by atoms with van der Waals surface area (Å²) in [6.45, 7) is 0. The maximum atomic E-state index is 10.6. The number of aliphatic carboxylic acids is 4. The Bertz CT molecular complexity index is 442. The van der Waals surface area contributed by atoms with E-state index in [-0.39, 0.29) is 0 Å². The van der Waals surface area contributed by atoms with Gasteiger partial charge in [0.05, 0.1) is 0 Å². The number of hydrogen-bond donors (Lipinski definition) is 7. The number of halogens is 4. The van der Waals surface area contributed by atoms with E-state index in [0.29, 0.717) is 0 Å². The largest absolute Gasteiger partial charge is 0.631 e. The molecular formula is C8H7BF4O15. The van der Waals surface area contributed by atoms with Crippen LogP contribution in [0.15, 0.2) is 0 Å². The quantitative estimate of drug-likeness (QED) is 0.0975. The van der Waals surface area contributed by atoms with Gasteiger partial charge in [0.1, 0.15) is 0 Å². The van der Waals surface area contributed by atoms with E-state index in [1.165, 1.54) is 0 Å². The van der Waals surface area contributed by atoms with E-state index >= 15 is 0 Å². The summed E-state index contributed by atoms with van der Waals surface area (Å²) >= 11 is 0. The molecule has 0 saturated carbocycles. The van der Waals surface area contributed by atoms with Crippen molar-refractivity contribution in [3.63, 3.8) is 0 Å². The molecule has 28 heavy (non-hydrogen) atoms. The van der Waals surface area contributed by atoms with Crippen LogP contribution in [0, 0.1) is 0 Å². The van der Waals surface area contributed by atoms with Crippen molar-refractivity contribution in [2.45, 2.75) is 0 Å². The predicted molar refractivity (Wildman–Crippen MR) is 67.4 cm³/mol. The van der Waals surface area contributed by atoms with Gasteiger partial charge in [-0.3, -0.25) is 0 Å².